The molecule has 0 radical (unpaired) electrons. The number of alkyl halides is 2. The Labute approximate surface area is 154 Å². The molecule has 1 atom stereocenters. The summed E-state index contributed by atoms with van der Waals surface area (Å²) in [6.07, 6.45) is 0.832. The number of rotatable bonds is 4. The van der Waals surface area contributed by atoms with Crippen LogP contribution in [0.2, 0.25) is 0 Å². The van der Waals surface area contributed by atoms with E-state index in [2.05, 4.69) is 4.57 Å². The fourth-order valence-electron chi connectivity index (χ4n) is 3.61. The molecule has 1 aliphatic heterocycles. The number of nitro benzene ring substituents is 1. The Bertz CT molecular complexity index is 1000. The van der Waals surface area contributed by atoms with E-state index in [0.717, 1.165) is 35.5 Å². The lowest BCUT2D eigenvalue weighted by molar-refractivity contribution is -0.384. The van der Waals surface area contributed by atoms with E-state index >= 15 is 0 Å². The summed E-state index contributed by atoms with van der Waals surface area (Å²) < 4.78 is 34.7. The number of ether oxygens (including phenoxy) is 1. The van der Waals surface area contributed by atoms with Crippen molar-refractivity contribution in [3.8, 4) is 11.3 Å². The van der Waals surface area contributed by atoms with Crippen molar-refractivity contribution in [3.05, 3.63) is 64.2 Å². The van der Waals surface area contributed by atoms with Crippen molar-refractivity contribution in [2.24, 2.45) is 0 Å². The minimum atomic E-state index is -2.90. The molecule has 0 saturated carbocycles. The first kappa shape index (κ1) is 17.6. The molecule has 3 aromatic rings. The van der Waals surface area contributed by atoms with Crippen molar-refractivity contribution in [1.82, 2.24) is 4.57 Å². The molecule has 7 heteroatoms. The largest absolute Gasteiger partial charge is 0.379 e. The second kappa shape index (κ2) is 6.42. The van der Waals surface area contributed by atoms with Crippen LogP contribution in [0.4, 0.5) is 14.5 Å². The lowest BCUT2D eigenvalue weighted by Gasteiger charge is -2.17. The van der Waals surface area contributed by atoms with E-state index in [4.69, 9.17) is 4.74 Å². The van der Waals surface area contributed by atoms with Crippen LogP contribution in [0.1, 0.15) is 24.9 Å². The predicted molar refractivity (Wildman–Crippen MR) is 98.1 cm³/mol. The molecule has 5 nitrogen and oxygen atoms in total. The highest BCUT2D eigenvalue weighted by atomic mass is 19.3. The molecule has 1 unspecified atom stereocenters. The molecule has 0 N–H and O–H groups in total. The molecule has 1 aliphatic rings. The molecular weight excluding hydrogens is 354 g/mol. The topological polar surface area (TPSA) is 57.3 Å². The van der Waals surface area contributed by atoms with Crippen LogP contribution in [0.15, 0.2) is 48.5 Å². The third-order valence-corrected chi connectivity index (χ3v) is 4.99. The second-order valence-corrected chi connectivity index (χ2v) is 6.88. The van der Waals surface area contributed by atoms with Gasteiger partial charge in [-0.2, -0.15) is 0 Å². The zero-order valence-electron chi connectivity index (χ0n) is 14.7. The van der Waals surface area contributed by atoms with Gasteiger partial charge in [0, 0.05) is 47.8 Å². The molecule has 27 heavy (non-hydrogen) atoms. The van der Waals surface area contributed by atoms with Crippen molar-refractivity contribution in [2.45, 2.75) is 25.3 Å². The Morgan fingerprint density at radius 1 is 1.19 bits per heavy atom. The average molecular weight is 372 g/mol. The first-order valence-electron chi connectivity index (χ1n) is 8.70. The highest BCUT2D eigenvalue weighted by molar-refractivity contribution is 5.89. The number of nitrogens with zero attached hydrogens (tertiary/aromatic N) is 2. The molecule has 0 amide bonds. The van der Waals surface area contributed by atoms with Crippen LogP contribution in [0.25, 0.3) is 22.2 Å². The minimum Gasteiger partial charge on any atom is -0.379 e. The molecule has 2 heterocycles. The standard InChI is InChI=1S/C20H18F2N2O3/c1-20(21,22)15-4-2-13(3-5-15)19-11-14-10-16(24(25)26)6-7-18(14)23(19)17-8-9-27-12-17/h2-7,10-11,17H,8-9,12H2,1H3. The third kappa shape index (κ3) is 3.19. The predicted octanol–water partition coefficient (Wildman–Crippen LogP) is 5.29. The Kier molecular flexibility index (Phi) is 4.19. The van der Waals surface area contributed by atoms with E-state index in [1.807, 2.05) is 6.07 Å². The summed E-state index contributed by atoms with van der Waals surface area (Å²) >= 11 is 0. The number of fused-ring (bicyclic) bond motifs is 1. The van der Waals surface area contributed by atoms with Crippen LogP contribution >= 0.6 is 0 Å². The zero-order valence-corrected chi connectivity index (χ0v) is 14.7. The summed E-state index contributed by atoms with van der Waals surface area (Å²) in [6.45, 7) is 2.07. The van der Waals surface area contributed by atoms with E-state index in [0.29, 0.717) is 13.2 Å². The Hall–Kier alpha value is -2.80. The zero-order chi connectivity index (χ0) is 19.2. The monoisotopic (exact) mass is 372 g/mol. The molecule has 1 saturated heterocycles. The maximum Gasteiger partial charge on any atom is 0.270 e. The van der Waals surface area contributed by atoms with Crippen molar-refractivity contribution in [1.29, 1.82) is 0 Å². The van der Waals surface area contributed by atoms with Gasteiger partial charge < -0.3 is 9.30 Å². The second-order valence-electron chi connectivity index (χ2n) is 6.88. The molecule has 2 aromatic carbocycles. The van der Waals surface area contributed by atoms with Crippen LogP contribution in [0.5, 0.6) is 0 Å². The van der Waals surface area contributed by atoms with E-state index < -0.39 is 10.8 Å². The van der Waals surface area contributed by atoms with Crippen LogP contribution in [0, 0.1) is 10.1 Å². The number of halogens is 2. The molecule has 0 spiro atoms. The van der Waals surface area contributed by atoms with Crippen LogP contribution in [-0.2, 0) is 10.7 Å². The van der Waals surface area contributed by atoms with Gasteiger partial charge in [0.2, 0.25) is 0 Å². The summed E-state index contributed by atoms with van der Waals surface area (Å²) in [5.41, 5.74) is 2.47. The highest BCUT2D eigenvalue weighted by Gasteiger charge is 2.26. The van der Waals surface area contributed by atoms with Gasteiger partial charge in [-0.3, -0.25) is 10.1 Å². The third-order valence-electron chi connectivity index (χ3n) is 4.99. The number of benzene rings is 2. The van der Waals surface area contributed by atoms with Crippen molar-refractivity contribution in [3.63, 3.8) is 0 Å². The number of aromatic nitrogens is 1. The van der Waals surface area contributed by atoms with Crippen LogP contribution in [-0.4, -0.2) is 22.7 Å². The molecule has 140 valence electrons. The number of nitro groups is 1. The maximum absolute atomic E-state index is 13.5. The summed E-state index contributed by atoms with van der Waals surface area (Å²) in [7, 11) is 0. The van der Waals surface area contributed by atoms with Crippen molar-refractivity contribution >= 4 is 16.6 Å². The number of hydrogen-bond acceptors (Lipinski definition) is 3. The Morgan fingerprint density at radius 3 is 2.52 bits per heavy atom. The Balaban J connectivity index is 1.87. The molecule has 0 bridgehead atoms. The summed E-state index contributed by atoms with van der Waals surface area (Å²) in [6, 6.07) is 12.9. The maximum atomic E-state index is 13.5. The first-order chi connectivity index (χ1) is 12.8. The van der Waals surface area contributed by atoms with Gasteiger partial charge >= 0.3 is 0 Å². The Morgan fingerprint density at radius 2 is 1.93 bits per heavy atom. The van der Waals surface area contributed by atoms with Crippen LogP contribution in [0.3, 0.4) is 0 Å². The fourth-order valence-corrected chi connectivity index (χ4v) is 3.61. The van der Waals surface area contributed by atoms with E-state index in [-0.39, 0.29) is 17.3 Å². The summed E-state index contributed by atoms with van der Waals surface area (Å²) in [4.78, 5) is 10.7. The lowest BCUT2D eigenvalue weighted by atomic mass is 10.0. The summed E-state index contributed by atoms with van der Waals surface area (Å²) in [5.74, 6) is -2.90. The van der Waals surface area contributed by atoms with Gasteiger partial charge in [0.15, 0.2) is 0 Å². The fraction of sp³-hybridized carbons (Fsp3) is 0.300. The van der Waals surface area contributed by atoms with E-state index in [1.165, 1.54) is 18.2 Å². The van der Waals surface area contributed by atoms with Gasteiger partial charge in [0.05, 0.1) is 17.6 Å². The van der Waals surface area contributed by atoms with Crippen LogP contribution < -0.4 is 0 Å². The SMILES string of the molecule is CC(F)(F)c1ccc(-c2cc3cc([N+](=O)[O-])ccc3n2C2CCOC2)cc1. The van der Waals surface area contributed by atoms with Crippen molar-refractivity contribution in [2.75, 3.05) is 13.2 Å². The molecule has 1 aromatic heterocycles. The molecular formula is C20H18F2N2O3. The minimum absolute atomic E-state index is 0.0230. The molecule has 1 fully saturated rings. The molecule has 0 aliphatic carbocycles. The normalized spacial score (nSPS) is 17.5. The van der Waals surface area contributed by atoms with Gasteiger partial charge in [-0.25, -0.2) is 8.78 Å². The van der Waals surface area contributed by atoms with Crippen molar-refractivity contribution < 1.29 is 18.4 Å². The quantitative estimate of drug-likeness (QED) is 0.462. The van der Waals surface area contributed by atoms with Gasteiger partial charge in [-0.05, 0) is 24.1 Å². The highest BCUT2D eigenvalue weighted by Crippen LogP contribution is 2.37. The van der Waals surface area contributed by atoms with Gasteiger partial charge in [-0.15, -0.1) is 0 Å². The van der Waals surface area contributed by atoms with Gasteiger partial charge in [0.25, 0.3) is 11.6 Å². The average Bonchev–Trinajstić information content (AvgIpc) is 3.27. The first-order valence-corrected chi connectivity index (χ1v) is 8.70. The summed E-state index contributed by atoms with van der Waals surface area (Å²) in [5, 5.41) is 11.8. The number of non-ortho nitro benzene ring substituents is 1. The van der Waals surface area contributed by atoms with E-state index in [9.17, 15) is 18.9 Å². The van der Waals surface area contributed by atoms with E-state index in [1.54, 1.807) is 24.3 Å². The number of hydrogen-bond donors (Lipinski definition) is 0. The van der Waals surface area contributed by atoms with Gasteiger partial charge in [-0.1, -0.05) is 24.3 Å². The van der Waals surface area contributed by atoms with Gasteiger partial charge in [0.1, 0.15) is 0 Å². The smallest absolute Gasteiger partial charge is 0.270 e. The lowest BCUT2D eigenvalue weighted by Crippen LogP contribution is -2.10. The molecule has 4 rings (SSSR count).